The Hall–Kier alpha value is -0.0800. The molecule has 130 valence electrons. The maximum Gasteiger partial charge on any atom is 0.191 e. The quantitative estimate of drug-likeness (QED) is 0.333. The molecular weight excluding hydrogens is 393 g/mol. The van der Waals surface area contributed by atoms with Crippen LogP contribution in [0.2, 0.25) is 0 Å². The molecule has 22 heavy (non-hydrogen) atoms. The molecule has 3 unspecified atom stereocenters. The number of aliphatic imine (C=N–C) groups is 1. The van der Waals surface area contributed by atoms with Gasteiger partial charge >= 0.3 is 0 Å². The second-order valence-electron chi connectivity index (χ2n) is 6.42. The Labute approximate surface area is 151 Å². The smallest absolute Gasteiger partial charge is 0.191 e. The monoisotopic (exact) mass is 425 g/mol. The maximum atomic E-state index is 9.66. The van der Waals surface area contributed by atoms with Crippen molar-refractivity contribution >= 4 is 29.9 Å². The van der Waals surface area contributed by atoms with Crippen molar-refractivity contribution in [2.75, 3.05) is 19.7 Å². The van der Waals surface area contributed by atoms with Crippen molar-refractivity contribution in [1.82, 2.24) is 10.6 Å². The molecule has 2 heterocycles. The lowest BCUT2D eigenvalue weighted by Crippen LogP contribution is -2.48. The highest BCUT2D eigenvalue weighted by molar-refractivity contribution is 14.0. The lowest BCUT2D eigenvalue weighted by molar-refractivity contribution is 0.0991. The van der Waals surface area contributed by atoms with E-state index in [0.29, 0.717) is 24.8 Å². The third-order valence-electron chi connectivity index (χ3n) is 5.18. The number of hydrogen-bond donors (Lipinski definition) is 3. The molecule has 3 N–H and O–H groups in total. The topological polar surface area (TPSA) is 65.9 Å². The van der Waals surface area contributed by atoms with Crippen LogP contribution in [0.1, 0.15) is 52.9 Å². The van der Waals surface area contributed by atoms with Crippen LogP contribution >= 0.6 is 24.0 Å². The van der Waals surface area contributed by atoms with E-state index in [4.69, 9.17) is 9.73 Å². The SMILES string of the molecule is CCNC(=NCC(CC)(CC)CO)NC1CC2CCC1O2.I. The third kappa shape index (κ3) is 4.71. The summed E-state index contributed by atoms with van der Waals surface area (Å²) in [5.41, 5.74) is -0.0897. The van der Waals surface area contributed by atoms with Crippen molar-refractivity contribution in [1.29, 1.82) is 0 Å². The van der Waals surface area contributed by atoms with Crippen molar-refractivity contribution in [2.24, 2.45) is 10.4 Å². The van der Waals surface area contributed by atoms with Gasteiger partial charge in [0, 0.05) is 12.0 Å². The van der Waals surface area contributed by atoms with Gasteiger partial charge < -0.3 is 20.5 Å². The van der Waals surface area contributed by atoms with E-state index in [-0.39, 0.29) is 36.0 Å². The Morgan fingerprint density at radius 2 is 2.00 bits per heavy atom. The molecule has 2 rings (SSSR count). The van der Waals surface area contributed by atoms with Crippen molar-refractivity contribution in [3.05, 3.63) is 0 Å². The number of nitrogens with zero attached hydrogens (tertiary/aromatic N) is 1. The molecular formula is C16H32IN3O2. The Bertz CT molecular complexity index is 353. The zero-order valence-electron chi connectivity index (χ0n) is 14.1. The largest absolute Gasteiger partial charge is 0.396 e. The first-order valence-corrected chi connectivity index (χ1v) is 8.47. The maximum absolute atomic E-state index is 9.66. The summed E-state index contributed by atoms with van der Waals surface area (Å²) in [5.74, 6) is 0.860. The highest BCUT2D eigenvalue weighted by atomic mass is 127. The third-order valence-corrected chi connectivity index (χ3v) is 5.18. The first kappa shape index (κ1) is 20.0. The highest BCUT2D eigenvalue weighted by Gasteiger charge is 2.41. The van der Waals surface area contributed by atoms with Gasteiger partial charge in [-0.3, -0.25) is 4.99 Å². The zero-order valence-corrected chi connectivity index (χ0v) is 16.4. The first-order valence-electron chi connectivity index (χ1n) is 8.47. The normalized spacial score (nSPS) is 27.6. The van der Waals surface area contributed by atoms with E-state index in [2.05, 4.69) is 31.4 Å². The van der Waals surface area contributed by atoms with E-state index in [1.54, 1.807) is 0 Å². The predicted molar refractivity (Wildman–Crippen MR) is 101 cm³/mol. The van der Waals surface area contributed by atoms with Crippen LogP contribution in [0, 0.1) is 5.41 Å². The fourth-order valence-electron chi connectivity index (χ4n) is 3.28. The van der Waals surface area contributed by atoms with Gasteiger partial charge in [0.1, 0.15) is 0 Å². The van der Waals surface area contributed by atoms with E-state index in [1.807, 2.05) is 0 Å². The molecule has 3 atom stereocenters. The standard InChI is InChI=1S/C16H31N3O2.HI/c1-4-16(5-2,11-20)10-18-15(17-6-3)19-13-9-12-7-8-14(13)21-12;/h12-14,20H,4-11H2,1-3H3,(H2,17,18,19);1H. The molecule has 6 heteroatoms. The van der Waals surface area contributed by atoms with Crippen LogP contribution in [0.15, 0.2) is 4.99 Å². The fourth-order valence-corrected chi connectivity index (χ4v) is 3.28. The van der Waals surface area contributed by atoms with Crippen LogP contribution in [-0.2, 0) is 4.74 Å². The summed E-state index contributed by atoms with van der Waals surface area (Å²) in [6, 6.07) is 0.383. The predicted octanol–water partition coefficient (Wildman–Crippen LogP) is 2.28. The van der Waals surface area contributed by atoms with Gasteiger partial charge in [-0.15, -0.1) is 24.0 Å². The number of aliphatic hydroxyl groups is 1. The lowest BCUT2D eigenvalue weighted by Gasteiger charge is -2.28. The van der Waals surface area contributed by atoms with Gasteiger partial charge in [0.25, 0.3) is 0 Å². The molecule has 2 saturated heterocycles. The highest BCUT2D eigenvalue weighted by Crippen LogP contribution is 2.34. The summed E-state index contributed by atoms with van der Waals surface area (Å²) in [6.45, 7) is 8.03. The number of rotatable bonds is 7. The number of halogens is 1. The number of fused-ring (bicyclic) bond motifs is 2. The molecule has 5 nitrogen and oxygen atoms in total. The van der Waals surface area contributed by atoms with E-state index in [9.17, 15) is 5.11 Å². The average molecular weight is 425 g/mol. The van der Waals surface area contributed by atoms with Crippen LogP contribution in [0.5, 0.6) is 0 Å². The molecule has 2 aliphatic rings. The minimum atomic E-state index is -0.0897. The average Bonchev–Trinajstić information content (AvgIpc) is 3.12. The number of guanidine groups is 1. The second kappa shape index (κ2) is 9.27. The Balaban J connectivity index is 0.00000242. The van der Waals surface area contributed by atoms with Gasteiger partial charge in [-0.25, -0.2) is 0 Å². The molecule has 2 aliphatic heterocycles. The minimum Gasteiger partial charge on any atom is -0.396 e. The molecule has 0 aromatic rings. The minimum absolute atomic E-state index is 0. The van der Waals surface area contributed by atoms with Crippen LogP contribution in [0.4, 0.5) is 0 Å². The number of ether oxygens (including phenoxy) is 1. The second-order valence-corrected chi connectivity index (χ2v) is 6.42. The van der Waals surface area contributed by atoms with Crippen LogP contribution < -0.4 is 10.6 Å². The number of nitrogens with one attached hydrogen (secondary N) is 2. The molecule has 2 bridgehead atoms. The molecule has 0 aliphatic carbocycles. The summed E-state index contributed by atoms with van der Waals surface area (Å²) in [4.78, 5) is 4.72. The zero-order chi connectivity index (χ0) is 15.3. The fraction of sp³-hybridized carbons (Fsp3) is 0.938. The van der Waals surface area contributed by atoms with Crippen LogP contribution in [0.25, 0.3) is 0 Å². The van der Waals surface area contributed by atoms with E-state index < -0.39 is 0 Å². The van der Waals surface area contributed by atoms with Gasteiger partial charge in [0.05, 0.1) is 31.4 Å². The van der Waals surface area contributed by atoms with Crippen molar-refractivity contribution < 1.29 is 9.84 Å². The molecule has 2 fully saturated rings. The summed E-state index contributed by atoms with van der Waals surface area (Å²) in [5, 5.41) is 16.5. The van der Waals surface area contributed by atoms with Gasteiger partial charge in [0.15, 0.2) is 5.96 Å². The summed E-state index contributed by atoms with van der Waals surface area (Å²) >= 11 is 0. The van der Waals surface area contributed by atoms with Gasteiger partial charge in [-0.2, -0.15) is 0 Å². The first-order chi connectivity index (χ1) is 10.2. The number of aliphatic hydroxyl groups excluding tert-OH is 1. The van der Waals surface area contributed by atoms with E-state index in [0.717, 1.165) is 38.2 Å². The molecule has 0 spiro atoms. The summed E-state index contributed by atoms with van der Waals surface area (Å²) in [6.07, 6.45) is 6.13. The molecule has 0 radical (unpaired) electrons. The molecule has 0 aromatic carbocycles. The number of hydrogen-bond acceptors (Lipinski definition) is 3. The Kier molecular flexibility index (Phi) is 8.42. The Morgan fingerprint density at radius 1 is 1.27 bits per heavy atom. The summed E-state index contributed by atoms with van der Waals surface area (Å²) < 4.78 is 5.89. The van der Waals surface area contributed by atoms with Crippen LogP contribution in [0.3, 0.4) is 0 Å². The van der Waals surface area contributed by atoms with Gasteiger partial charge in [-0.05, 0) is 39.0 Å². The lowest BCUT2D eigenvalue weighted by atomic mass is 9.83. The summed E-state index contributed by atoms with van der Waals surface area (Å²) in [7, 11) is 0. The van der Waals surface area contributed by atoms with E-state index in [1.165, 1.54) is 6.42 Å². The molecule has 0 amide bonds. The molecule has 0 saturated carbocycles. The Morgan fingerprint density at radius 3 is 2.45 bits per heavy atom. The van der Waals surface area contributed by atoms with Crippen LogP contribution in [-0.4, -0.2) is 49.0 Å². The van der Waals surface area contributed by atoms with Crippen molar-refractivity contribution in [2.45, 2.75) is 71.1 Å². The molecule has 0 aromatic heterocycles. The van der Waals surface area contributed by atoms with Gasteiger partial charge in [0.2, 0.25) is 0 Å². The van der Waals surface area contributed by atoms with Gasteiger partial charge in [-0.1, -0.05) is 13.8 Å². The van der Waals surface area contributed by atoms with Crippen molar-refractivity contribution in [3.8, 4) is 0 Å². The van der Waals surface area contributed by atoms with E-state index >= 15 is 0 Å². The van der Waals surface area contributed by atoms with Crippen molar-refractivity contribution in [3.63, 3.8) is 0 Å².